The Morgan fingerprint density at radius 1 is 0.667 bits per heavy atom. The van der Waals surface area contributed by atoms with Crippen LogP contribution in [-0.2, 0) is 4.43 Å². The van der Waals surface area contributed by atoms with E-state index in [2.05, 4.69) is 80.8 Å². The number of hydrogen-bond acceptors (Lipinski definition) is 1. The molecule has 0 amide bonds. The molecule has 0 aromatic carbocycles. The first-order valence-corrected chi connectivity index (χ1v) is 19.6. The number of unbranched alkanes of at least 4 members (excludes halogenated alkanes) is 2. The van der Waals surface area contributed by atoms with Gasteiger partial charge in [-0.1, -0.05) is 91.7 Å². The highest BCUT2D eigenvalue weighted by atomic mass is 28.4. The fourth-order valence-corrected chi connectivity index (χ4v) is 17.7. The number of hydrogen-bond donors (Lipinski definition) is 0. The molecule has 0 fully saturated rings. The third kappa shape index (κ3) is 5.55. The molecule has 0 rings (SSSR count). The average Bonchev–Trinajstić information content (AvgIpc) is 2.41. The molecule has 0 bridgehead atoms. The second-order valence-electron chi connectivity index (χ2n) is 10.7. The van der Waals surface area contributed by atoms with Gasteiger partial charge in [-0.05, 0) is 31.6 Å². The summed E-state index contributed by atoms with van der Waals surface area (Å²) in [5.41, 5.74) is 0. The Kier molecular flexibility index (Phi) is 8.75. The van der Waals surface area contributed by atoms with Crippen LogP contribution in [0.15, 0.2) is 0 Å². The monoisotopic (exact) mass is 388 g/mol. The topological polar surface area (TPSA) is 9.23 Å². The van der Waals surface area contributed by atoms with Crippen molar-refractivity contribution in [2.75, 3.05) is 0 Å². The largest absolute Gasteiger partial charge is 0.415 e. The van der Waals surface area contributed by atoms with Gasteiger partial charge in [-0.2, -0.15) is 0 Å². The van der Waals surface area contributed by atoms with Gasteiger partial charge in [-0.15, -0.1) is 0 Å². The zero-order valence-corrected chi connectivity index (χ0v) is 22.2. The van der Waals surface area contributed by atoms with Crippen LogP contribution in [0.5, 0.6) is 0 Å². The quantitative estimate of drug-likeness (QED) is 0.327. The van der Waals surface area contributed by atoms with Gasteiger partial charge < -0.3 is 4.43 Å². The van der Waals surface area contributed by atoms with Crippen molar-refractivity contribution in [1.82, 2.24) is 0 Å². The zero-order valence-electron chi connectivity index (χ0n) is 19.2. The molecule has 0 unspecified atom stereocenters. The summed E-state index contributed by atoms with van der Waals surface area (Å²) in [5.74, 6) is 0. The van der Waals surface area contributed by atoms with Crippen LogP contribution in [0, 0.1) is 0 Å². The van der Waals surface area contributed by atoms with Crippen molar-refractivity contribution in [2.45, 2.75) is 128 Å². The Hall–Kier alpha value is 0.611. The molecule has 0 heterocycles. The van der Waals surface area contributed by atoms with Crippen molar-refractivity contribution < 1.29 is 4.43 Å². The van der Waals surface area contributed by atoms with Gasteiger partial charge in [-0.25, -0.2) is 0 Å². The van der Waals surface area contributed by atoms with Crippen molar-refractivity contribution in [3.8, 4) is 0 Å². The lowest BCUT2D eigenvalue weighted by Crippen LogP contribution is -2.63. The smallest absolute Gasteiger partial charge is 0.190 e. The zero-order chi connectivity index (χ0) is 19.4. The van der Waals surface area contributed by atoms with Crippen molar-refractivity contribution in [3.05, 3.63) is 0 Å². The van der Waals surface area contributed by atoms with Crippen LogP contribution < -0.4 is 0 Å². The van der Waals surface area contributed by atoms with E-state index in [-0.39, 0.29) is 5.22 Å². The molecule has 0 aromatic heterocycles. The van der Waals surface area contributed by atoms with E-state index in [0.29, 0.717) is 4.66 Å². The second kappa shape index (κ2) is 8.53. The summed E-state index contributed by atoms with van der Waals surface area (Å²) in [6, 6.07) is 2.82. The standard InChI is InChI=1S/C20H48OSi3/c1-13-15-17-22(7,8)19(3,4)21-24(11,12)20(5,6)23(9,10)18-16-14-2/h13-18H2,1-12H3. The normalized spacial score (nSPS) is 15.0. The molecule has 0 atom stereocenters. The summed E-state index contributed by atoms with van der Waals surface area (Å²) in [5, 5.41) is 0.0738. The molecule has 0 aromatic rings. The first kappa shape index (κ1) is 24.6. The van der Waals surface area contributed by atoms with E-state index in [1.807, 2.05) is 0 Å². The summed E-state index contributed by atoms with van der Waals surface area (Å²) >= 11 is 0. The van der Waals surface area contributed by atoms with Gasteiger partial charge >= 0.3 is 0 Å². The van der Waals surface area contributed by atoms with Gasteiger partial charge in [0, 0.05) is 5.22 Å². The molecule has 24 heavy (non-hydrogen) atoms. The van der Waals surface area contributed by atoms with E-state index >= 15 is 0 Å². The van der Waals surface area contributed by atoms with E-state index in [0.717, 1.165) is 0 Å². The van der Waals surface area contributed by atoms with Gasteiger partial charge in [0.05, 0.1) is 16.1 Å². The molecule has 0 radical (unpaired) electrons. The van der Waals surface area contributed by atoms with E-state index in [4.69, 9.17) is 4.43 Å². The summed E-state index contributed by atoms with van der Waals surface area (Å²) in [6.07, 6.45) is 5.36. The van der Waals surface area contributed by atoms with Crippen molar-refractivity contribution in [1.29, 1.82) is 0 Å². The Morgan fingerprint density at radius 3 is 1.42 bits per heavy atom. The van der Waals surface area contributed by atoms with E-state index in [1.54, 1.807) is 0 Å². The Morgan fingerprint density at radius 2 is 1.04 bits per heavy atom. The minimum Gasteiger partial charge on any atom is -0.415 e. The minimum atomic E-state index is -1.80. The molecule has 4 heteroatoms. The van der Waals surface area contributed by atoms with Crippen LogP contribution in [0.1, 0.15) is 67.2 Å². The highest BCUT2D eigenvalue weighted by Gasteiger charge is 2.55. The Bertz CT molecular complexity index is 384. The lowest BCUT2D eigenvalue weighted by atomic mass is 10.4. The third-order valence-corrected chi connectivity index (χ3v) is 25.7. The molecule has 1 nitrogen and oxygen atoms in total. The van der Waals surface area contributed by atoms with Crippen LogP contribution in [0.25, 0.3) is 0 Å². The molecule has 0 spiro atoms. The molecule has 0 aliphatic carbocycles. The maximum absolute atomic E-state index is 7.15. The van der Waals surface area contributed by atoms with Crippen LogP contribution >= 0.6 is 0 Å². The first-order chi connectivity index (χ1) is 10.6. The lowest BCUT2D eigenvalue weighted by Gasteiger charge is -2.54. The van der Waals surface area contributed by atoms with E-state index in [1.165, 1.54) is 37.8 Å². The van der Waals surface area contributed by atoms with Gasteiger partial charge in [0.25, 0.3) is 0 Å². The molecule has 146 valence electrons. The maximum Gasteiger partial charge on any atom is 0.190 e. The van der Waals surface area contributed by atoms with E-state index < -0.39 is 24.5 Å². The summed E-state index contributed by atoms with van der Waals surface area (Å²) < 4.78 is 7.54. The second-order valence-corrected chi connectivity index (χ2v) is 26.7. The van der Waals surface area contributed by atoms with Gasteiger partial charge in [0.15, 0.2) is 8.32 Å². The summed E-state index contributed by atoms with van der Waals surface area (Å²) in [4.78, 5) is 0. The average molecular weight is 389 g/mol. The molecule has 0 aliphatic rings. The van der Waals surface area contributed by atoms with Crippen molar-refractivity contribution in [3.63, 3.8) is 0 Å². The summed E-state index contributed by atoms with van der Waals surface area (Å²) in [6.45, 7) is 29.8. The SMILES string of the molecule is CCCC[Si](C)(C)C(C)(C)O[Si](C)(C)C(C)(C)[Si](C)(C)CCCC. The van der Waals surface area contributed by atoms with Crippen molar-refractivity contribution >= 4 is 24.5 Å². The predicted molar refractivity (Wildman–Crippen MR) is 121 cm³/mol. The van der Waals surface area contributed by atoms with Gasteiger partial charge in [-0.3, -0.25) is 0 Å². The Balaban J connectivity index is 5.42. The van der Waals surface area contributed by atoms with Crippen LogP contribution in [0.3, 0.4) is 0 Å². The number of rotatable bonds is 11. The van der Waals surface area contributed by atoms with Crippen LogP contribution in [0.4, 0.5) is 0 Å². The van der Waals surface area contributed by atoms with Crippen molar-refractivity contribution in [2.24, 2.45) is 0 Å². The van der Waals surface area contributed by atoms with Crippen LogP contribution in [-0.4, -0.2) is 29.7 Å². The molecular formula is C20H48OSi3. The predicted octanol–water partition coefficient (Wildman–Crippen LogP) is 7.86. The maximum atomic E-state index is 7.15. The fourth-order valence-electron chi connectivity index (χ4n) is 3.57. The highest BCUT2D eigenvalue weighted by molar-refractivity contribution is 6.97. The van der Waals surface area contributed by atoms with Crippen LogP contribution in [0.2, 0.25) is 56.0 Å². The Labute approximate surface area is 157 Å². The lowest BCUT2D eigenvalue weighted by molar-refractivity contribution is 0.166. The van der Waals surface area contributed by atoms with Gasteiger partial charge in [0.1, 0.15) is 0 Å². The van der Waals surface area contributed by atoms with Gasteiger partial charge in [0.2, 0.25) is 0 Å². The molecule has 0 saturated heterocycles. The van der Waals surface area contributed by atoms with E-state index in [9.17, 15) is 0 Å². The molecular weight excluding hydrogens is 340 g/mol. The first-order valence-electron chi connectivity index (χ1n) is 10.3. The molecule has 0 aliphatic heterocycles. The molecule has 0 N–H and O–H groups in total. The molecule has 0 saturated carbocycles. The third-order valence-electron chi connectivity index (χ3n) is 7.65. The fraction of sp³-hybridized carbons (Fsp3) is 1.00. The summed E-state index contributed by atoms with van der Waals surface area (Å²) in [7, 11) is -4.52. The minimum absolute atomic E-state index is 0.0738. The highest BCUT2D eigenvalue weighted by Crippen LogP contribution is 2.50.